The van der Waals surface area contributed by atoms with Crippen LogP contribution in [0, 0.1) is 25.5 Å². The van der Waals surface area contributed by atoms with Gasteiger partial charge in [-0.05, 0) is 71.7 Å². The van der Waals surface area contributed by atoms with E-state index >= 15 is 0 Å². The molecule has 0 fully saturated rings. The Morgan fingerprint density at radius 1 is 1.03 bits per heavy atom. The maximum Gasteiger partial charge on any atom is 0.326 e. The van der Waals surface area contributed by atoms with Crippen molar-refractivity contribution in [1.82, 2.24) is 5.32 Å². The second-order valence-corrected chi connectivity index (χ2v) is 8.36. The van der Waals surface area contributed by atoms with Gasteiger partial charge in [0, 0.05) is 10.6 Å². The predicted octanol–water partition coefficient (Wildman–Crippen LogP) is 7.41. The first-order valence-electron chi connectivity index (χ1n) is 9.07. The number of nitrogens with one attached hydrogen (secondary N) is 2. The lowest BCUT2D eigenvalue weighted by Crippen LogP contribution is -2.35. The number of anilines is 1. The van der Waals surface area contributed by atoms with E-state index in [1.54, 1.807) is 38.1 Å². The molecule has 3 aromatic carbocycles. The zero-order valence-electron chi connectivity index (χ0n) is 16.7. The van der Waals surface area contributed by atoms with Gasteiger partial charge < -0.3 is 10.1 Å². The maximum absolute atomic E-state index is 13.7. The fourth-order valence-electron chi connectivity index (χ4n) is 2.89. The number of urea groups is 1. The second-order valence-electron chi connectivity index (χ2n) is 6.69. The topological polar surface area (TPSA) is 67.4 Å². The van der Waals surface area contributed by atoms with Crippen molar-refractivity contribution in [3.63, 3.8) is 0 Å². The molecular formula is C22H15BrCl2F2N2O3. The number of carbonyl (C=O) groups excluding carboxylic acids is 2. The minimum Gasteiger partial charge on any atom is -0.456 e. The van der Waals surface area contributed by atoms with Gasteiger partial charge in [-0.2, -0.15) is 0 Å². The first-order chi connectivity index (χ1) is 15.1. The highest BCUT2D eigenvalue weighted by molar-refractivity contribution is 9.10. The molecule has 0 aliphatic rings. The van der Waals surface area contributed by atoms with Crippen LogP contribution in [0.15, 0.2) is 46.9 Å². The molecule has 0 bridgehead atoms. The van der Waals surface area contributed by atoms with Crippen LogP contribution in [0.4, 0.5) is 19.3 Å². The van der Waals surface area contributed by atoms with Crippen molar-refractivity contribution in [1.29, 1.82) is 0 Å². The summed E-state index contributed by atoms with van der Waals surface area (Å²) in [5.41, 5.74) is 0.479. The van der Waals surface area contributed by atoms with Gasteiger partial charge in [0.25, 0.3) is 5.91 Å². The van der Waals surface area contributed by atoms with E-state index in [0.717, 1.165) is 18.2 Å². The number of imide groups is 1. The van der Waals surface area contributed by atoms with Crippen LogP contribution in [-0.4, -0.2) is 11.9 Å². The van der Waals surface area contributed by atoms with Crippen molar-refractivity contribution in [2.24, 2.45) is 0 Å². The number of carbonyl (C=O) groups is 2. The average molecular weight is 544 g/mol. The molecule has 3 rings (SSSR count). The minimum absolute atomic E-state index is 0.162. The van der Waals surface area contributed by atoms with Gasteiger partial charge in [0.2, 0.25) is 0 Å². The number of aryl methyl sites for hydroxylation is 1. The summed E-state index contributed by atoms with van der Waals surface area (Å²) >= 11 is 15.7. The third kappa shape index (κ3) is 5.20. The summed E-state index contributed by atoms with van der Waals surface area (Å²) in [6.07, 6.45) is 0. The molecule has 0 saturated carbocycles. The first kappa shape index (κ1) is 24.0. The smallest absolute Gasteiger partial charge is 0.326 e. The van der Waals surface area contributed by atoms with Gasteiger partial charge in [-0.3, -0.25) is 10.1 Å². The molecule has 32 heavy (non-hydrogen) atoms. The lowest BCUT2D eigenvalue weighted by atomic mass is 10.1. The molecule has 5 nitrogen and oxygen atoms in total. The molecule has 0 aliphatic heterocycles. The van der Waals surface area contributed by atoms with Gasteiger partial charge in [0.1, 0.15) is 28.7 Å². The van der Waals surface area contributed by atoms with E-state index in [9.17, 15) is 18.4 Å². The largest absolute Gasteiger partial charge is 0.456 e. The van der Waals surface area contributed by atoms with Crippen LogP contribution in [0.1, 0.15) is 21.5 Å². The van der Waals surface area contributed by atoms with Gasteiger partial charge >= 0.3 is 6.03 Å². The number of amides is 3. The zero-order valence-corrected chi connectivity index (χ0v) is 19.8. The number of ether oxygens (including phenoxy) is 1. The minimum atomic E-state index is -1.23. The summed E-state index contributed by atoms with van der Waals surface area (Å²) in [6, 6.07) is 8.51. The van der Waals surface area contributed by atoms with E-state index in [0.29, 0.717) is 32.1 Å². The molecule has 0 spiro atoms. The van der Waals surface area contributed by atoms with Gasteiger partial charge in [-0.15, -0.1) is 0 Å². The van der Waals surface area contributed by atoms with Gasteiger partial charge in [-0.25, -0.2) is 13.6 Å². The van der Waals surface area contributed by atoms with Crippen LogP contribution in [-0.2, 0) is 0 Å². The summed E-state index contributed by atoms with van der Waals surface area (Å²) in [4.78, 5) is 24.3. The summed E-state index contributed by atoms with van der Waals surface area (Å²) in [7, 11) is 0. The van der Waals surface area contributed by atoms with Crippen molar-refractivity contribution in [2.45, 2.75) is 13.8 Å². The molecule has 0 atom stereocenters. The molecule has 0 unspecified atom stereocenters. The number of rotatable bonds is 4. The average Bonchev–Trinajstić information content (AvgIpc) is 2.70. The van der Waals surface area contributed by atoms with E-state index in [2.05, 4.69) is 21.2 Å². The molecule has 166 valence electrons. The highest BCUT2D eigenvalue weighted by Gasteiger charge is 2.21. The van der Waals surface area contributed by atoms with Gasteiger partial charge in [-0.1, -0.05) is 29.3 Å². The highest BCUT2D eigenvalue weighted by atomic mass is 79.9. The molecule has 0 heterocycles. The van der Waals surface area contributed by atoms with E-state index in [-0.39, 0.29) is 10.7 Å². The van der Waals surface area contributed by atoms with Crippen molar-refractivity contribution < 1.29 is 23.1 Å². The molecule has 0 aromatic heterocycles. The Hall–Kier alpha value is -2.68. The Labute approximate surface area is 200 Å². The summed E-state index contributed by atoms with van der Waals surface area (Å²) < 4.78 is 34.1. The quantitative estimate of drug-likeness (QED) is 0.360. The van der Waals surface area contributed by atoms with Crippen LogP contribution < -0.4 is 15.4 Å². The fourth-order valence-corrected chi connectivity index (χ4v) is 3.84. The van der Waals surface area contributed by atoms with Crippen molar-refractivity contribution in [3.05, 3.63) is 85.3 Å². The Bertz CT molecular complexity index is 1220. The molecular weight excluding hydrogens is 529 g/mol. The van der Waals surface area contributed by atoms with Crippen LogP contribution in [0.5, 0.6) is 11.5 Å². The summed E-state index contributed by atoms with van der Waals surface area (Å²) in [5, 5.41) is 4.99. The molecule has 3 aromatic rings. The van der Waals surface area contributed by atoms with Crippen molar-refractivity contribution >= 4 is 56.8 Å². The van der Waals surface area contributed by atoms with Crippen molar-refractivity contribution in [2.75, 3.05) is 5.32 Å². The second kappa shape index (κ2) is 9.85. The van der Waals surface area contributed by atoms with Gasteiger partial charge in [0.15, 0.2) is 0 Å². The van der Waals surface area contributed by atoms with E-state index < -0.39 is 29.1 Å². The standard InChI is InChI=1S/C22H15BrCl2F2N2O3/c1-10-8-16(28-22(31)29-21(30)18-14(26)4-3-5-15(18)27)19(25)11(2)20(10)32-17-7-6-12(24)9-13(17)23/h3-9H,1-2H3,(H2,28,29,30,31). The number of benzene rings is 3. The fraction of sp³-hybridized carbons (Fsp3) is 0.0909. The molecule has 2 N–H and O–H groups in total. The Morgan fingerprint density at radius 3 is 2.31 bits per heavy atom. The molecule has 0 aliphatic carbocycles. The third-order valence-electron chi connectivity index (χ3n) is 4.40. The lowest BCUT2D eigenvalue weighted by molar-refractivity contribution is 0.0959. The Morgan fingerprint density at radius 2 is 1.69 bits per heavy atom. The van der Waals surface area contributed by atoms with Crippen molar-refractivity contribution in [3.8, 4) is 11.5 Å². The van der Waals surface area contributed by atoms with Gasteiger partial charge in [0.05, 0.1) is 15.2 Å². The van der Waals surface area contributed by atoms with E-state index in [4.69, 9.17) is 27.9 Å². The monoisotopic (exact) mass is 542 g/mol. The normalized spacial score (nSPS) is 10.6. The summed E-state index contributed by atoms with van der Waals surface area (Å²) in [6.45, 7) is 3.43. The van der Waals surface area contributed by atoms with E-state index in [1.165, 1.54) is 0 Å². The number of hydrogen-bond acceptors (Lipinski definition) is 3. The van der Waals surface area contributed by atoms with E-state index in [1.807, 2.05) is 5.32 Å². The van der Waals surface area contributed by atoms with Crippen LogP contribution in [0.2, 0.25) is 10.0 Å². The SMILES string of the molecule is Cc1cc(NC(=O)NC(=O)c2c(F)cccc2F)c(Cl)c(C)c1Oc1ccc(Cl)cc1Br. The predicted molar refractivity (Wildman–Crippen MR) is 123 cm³/mol. The van der Waals surface area contributed by atoms with Crippen LogP contribution in [0.3, 0.4) is 0 Å². The lowest BCUT2D eigenvalue weighted by Gasteiger charge is -2.17. The molecule has 0 radical (unpaired) electrons. The maximum atomic E-state index is 13.7. The summed E-state index contributed by atoms with van der Waals surface area (Å²) in [5.74, 6) is -2.43. The molecule has 0 saturated heterocycles. The Kier molecular flexibility index (Phi) is 7.38. The highest BCUT2D eigenvalue weighted by Crippen LogP contribution is 2.40. The zero-order chi connectivity index (χ0) is 23.6. The van der Waals surface area contributed by atoms with Crippen LogP contribution in [0.25, 0.3) is 0 Å². The van der Waals surface area contributed by atoms with Crippen LogP contribution >= 0.6 is 39.1 Å². The molecule has 3 amide bonds. The number of halogens is 5. The molecule has 10 heteroatoms. The Balaban J connectivity index is 1.80. The third-order valence-corrected chi connectivity index (χ3v) is 5.74. The first-order valence-corrected chi connectivity index (χ1v) is 10.6. The number of hydrogen-bond donors (Lipinski definition) is 2.